The van der Waals surface area contributed by atoms with Crippen LogP contribution in [0.4, 0.5) is 0 Å². The summed E-state index contributed by atoms with van der Waals surface area (Å²) in [6.45, 7) is 2.04. The molecule has 6 nitrogen and oxygen atoms in total. The van der Waals surface area contributed by atoms with Crippen LogP contribution in [-0.4, -0.2) is 32.3 Å². The van der Waals surface area contributed by atoms with Gasteiger partial charge in [-0.25, -0.2) is 14.3 Å². The minimum atomic E-state index is -0.457. The highest BCUT2D eigenvalue weighted by atomic mass is 16.5. The molecule has 0 unspecified atom stereocenters. The number of hydrogen-bond donors (Lipinski definition) is 1. The van der Waals surface area contributed by atoms with E-state index in [0.717, 1.165) is 16.8 Å². The predicted octanol–water partition coefficient (Wildman–Crippen LogP) is 3.95. The molecule has 0 atom stereocenters. The zero-order valence-corrected chi connectivity index (χ0v) is 14.7. The molecule has 0 aliphatic rings. The van der Waals surface area contributed by atoms with Crippen molar-refractivity contribution >= 4 is 11.6 Å². The Morgan fingerprint density at radius 3 is 2.52 bits per heavy atom. The molecule has 0 fully saturated rings. The second-order valence-corrected chi connectivity index (χ2v) is 5.95. The Labute approximate surface area is 155 Å². The van der Waals surface area contributed by atoms with Gasteiger partial charge in [-0.05, 0) is 37.3 Å². The number of fused-ring (bicyclic) bond motifs is 1. The fraction of sp³-hybridized carbons (Fsp3) is 0.0952. The maximum atomic E-state index is 12.3. The SMILES string of the molecule is CCOC(=O)c1cnn2c(-c3ccccc3)cc(-c3ccc(O)cc3)nc12. The van der Waals surface area contributed by atoms with E-state index >= 15 is 0 Å². The van der Waals surface area contributed by atoms with E-state index in [1.54, 1.807) is 35.7 Å². The lowest BCUT2D eigenvalue weighted by Gasteiger charge is -2.09. The zero-order valence-electron chi connectivity index (χ0n) is 14.7. The standard InChI is InChI=1S/C21H17N3O3/c1-2-27-21(26)17-13-22-24-19(15-6-4-3-5-7-15)12-18(23-20(17)24)14-8-10-16(25)11-9-14/h3-13,25H,2H2,1H3. The van der Waals surface area contributed by atoms with Crippen LogP contribution >= 0.6 is 0 Å². The van der Waals surface area contributed by atoms with Crippen LogP contribution in [0.1, 0.15) is 17.3 Å². The van der Waals surface area contributed by atoms with E-state index in [4.69, 9.17) is 4.74 Å². The van der Waals surface area contributed by atoms with Gasteiger partial charge >= 0.3 is 5.97 Å². The summed E-state index contributed by atoms with van der Waals surface area (Å²) in [6.07, 6.45) is 1.48. The Bertz CT molecular complexity index is 1100. The van der Waals surface area contributed by atoms with Gasteiger partial charge in [0, 0.05) is 11.1 Å². The number of phenolic OH excluding ortho intramolecular Hbond substituents is 1. The number of nitrogens with zero attached hydrogens (tertiary/aromatic N) is 3. The normalized spacial score (nSPS) is 10.9. The van der Waals surface area contributed by atoms with Gasteiger partial charge in [-0.1, -0.05) is 30.3 Å². The van der Waals surface area contributed by atoms with Gasteiger partial charge in [0.2, 0.25) is 0 Å². The van der Waals surface area contributed by atoms with E-state index in [1.165, 1.54) is 6.20 Å². The maximum absolute atomic E-state index is 12.3. The van der Waals surface area contributed by atoms with Crippen LogP contribution in [0, 0.1) is 0 Å². The van der Waals surface area contributed by atoms with Crippen LogP contribution in [0.2, 0.25) is 0 Å². The lowest BCUT2D eigenvalue weighted by Crippen LogP contribution is -2.06. The fourth-order valence-electron chi connectivity index (χ4n) is 2.91. The zero-order chi connectivity index (χ0) is 18.8. The lowest BCUT2D eigenvalue weighted by atomic mass is 10.1. The molecular formula is C21H17N3O3. The molecule has 0 radical (unpaired) electrons. The number of carbonyl (C=O) groups is 1. The van der Waals surface area contributed by atoms with Gasteiger partial charge in [-0.2, -0.15) is 5.10 Å². The number of carbonyl (C=O) groups excluding carboxylic acids is 1. The highest BCUT2D eigenvalue weighted by Gasteiger charge is 2.19. The number of ether oxygens (including phenoxy) is 1. The van der Waals surface area contributed by atoms with E-state index in [0.29, 0.717) is 16.9 Å². The van der Waals surface area contributed by atoms with Crippen molar-refractivity contribution in [3.8, 4) is 28.3 Å². The van der Waals surface area contributed by atoms with Crippen molar-refractivity contribution in [1.82, 2.24) is 14.6 Å². The Balaban J connectivity index is 1.97. The number of benzene rings is 2. The van der Waals surface area contributed by atoms with Crippen molar-refractivity contribution in [2.24, 2.45) is 0 Å². The molecule has 0 amide bonds. The Hall–Kier alpha value is -3.67. The summed E-state index contributed by atoms with van der Waals surface area (Å²) in [4.78, 5) is 17.0. The minimum Gasteiger partial charge on any atom is -0.508 e. The van der Waals surface area contributed by atoms with Crippen molar-refractivity contribution in [2.75, 3.05) is 6.61 Å². The van der Waals surface area contributed by atoms with Crippen molar-refractivity contribution in [2.45, 2.75) is 6.92 Å². The molecule has 2 heterocycles. The van der Waals surface area contributed by atoms with Crippen LogP contribution in [0.3, 0.4) is 0 Å². The van der Waals surface area contributed by atoms with Gasteiger partial charge in [0.1, 0.15) is 11.3 Å². The molecule has 0 saturated heterocycles. The molecule has 27 heavy (non-hydrogen) atoms. The molecule has 4 aromatic rings. The average molecular weight is 359 g/mol. The summed E-state index contributed by atoms with van der Waals surface area (Å²) in [5.41, 5.74) is 3.99. The molecule has 0 bridgehead atoms. The summed E-state index contributed by atoms with van der Waals surface area (Å²) in [5, 5.41) is 13.9. The van der Waals surface area contributed by atoms with Gasteiger partial charge in [0.15, 0.2) is 5.65 Å². The number of aromatic hydroxyl groups is 1. The summed E-state index contributed by atoms with van der Waals surface area (Å²) < 4.78 is 6.78. The van der Waals surface area contributed by atoms with E-state index in [-0.39, 0.29) is 12.4 Å². The maximum Gasteiger partial charge on any atom is 0.343 e. The molecule has 6 heteroatoms. The molecule has 0 aliphatic carbocycles. The number of esters is 1. The summed E-state index contributed by atoms with van der Waals surface area (Å²) >= 11 is 0. The first kappa shape index (κ1) is 16.8. The van der Waals surface area contributed by atoms with Crippen molar-refractivity contribution in [1.29, 1.82) is 0 Å². The first-order chi connectivity index (χ1) is 13.2. The Kier molecular flexibility index (Phi) is 4.30. The molecule has 4 rings (SSSR count). The topological polar surface area (TPSA) is 76.7 Å². The van der Waals surface area contributed by atoms with Crippen LogP contribution in [0.25, 0.3) is 28.2 Å². The fourth-order valence-corrected chi connectivity index (χ4v) is 2.91. The van der Waals surface area contributed by atoms with Gasteiger partial charge < -0.3 is 9.84 Å². The number of rotatable bonds is 4. The molecule has 2 aromatic carbocycles. The second kappa shape index (κ2) is 6.92. The highest BCUT2D eigenvalue weighted by molar-refractivity contribution is 5.96. The summed E-state index contributed by atoms with van der Waals surface area (Å²) in [7, 11) is 0. The van der Waals surface area contributed by atoms with Crippen LogP contribution in [-0.2, 0) is 4.74 Å². The van der Waals surface area contributed by atoms with Crippen molar-refractivity contribution in [3.05, 3.63) is 72.4 Å². The third kappa shape index (κ3) is 3.13. The third-order valence-corrected chi connectivity index (χ3v) is 4.20. The van der Waals surface area contributed by atoms with Crippen molar-refractivity contribution in [3.63, 3.8) is 0 Å². The van der Waals surface area contributed by atoms with Crippen LogP contribution < -0.4 is 0 Å². The lowest BCUT2D eigenvalue weighted by molar-refractivity contribution is 0.0528. The first-order valence-electron chi connectivity index (χ1n) is 8.58. The third-order valence-electron chi connectivity index (χ3n) is 4.20. The molecule has 134 valence electrons. The largest absolute Gasteiger partial charge is 0.508 e. The van der Waals surface area contributed by atoms with E-state index in [9.17, 15) is 9.90 Å². The Morgan fingerprint density at radius 2 is 1.81 bits per heavy atom. The molecular weight excluding hydrogens is 342 g/mol. The minimum absolute atomic E-state index is 0.180. The van der Waals surface area contributed by atoms with Gasteiger partial charge in [0.05, 0.1) is 24.2 Å². The number of hydrogen-bond acceptors (Lipinski definition) is 5. The highest BCUT2D eigenvalue weighted by Crippen LogP contribution is 2.28. The molecule has 0 aliphatic heterocycles. The van der Waals surface area contributed by atoms with Crippen molar-refractivity contribution < 1.29 is 14.6 Å². The van der Waals surface area contributed by atoms with E-state index in [1.807, 2.05) is 36.4 Å². The van der Waals surface area contributed by atoms with E-state index in [2.05, 4.69) is 10.1 Å². The molecule has 0 saturated carbocycles. The average Bonchev–Trinajstić information content (AvgIpc) is 3.13. The smallest absolute Gasteiger partial charge is 0.343 e. The van der Waals surface area contributed by atoms with Crippen LogP contribution in [0.5, 0.6) is 5.75 Å². The van der Waals surface area contributed by atoms with E-state index < -0.39 is 5.97 Å². The summed E-state index contributed by atoms with van der Waals surface area (Å²) in [5.74, 6) is -0.276. The summed E-state index contributed by atoms with van der Waals surface area (Å²) in [6, 6.07) is 18.5. The van der Waals surface area contributed by atoms with Gasteiger partial charge in [0.25, 0.3) is 0 Å². The molecule has 2 aromatic heterocycles. The van der Waals surface area contributed by atoms with Crippen LogP contribution in [0.15, 0.2) is 66.9 Å². The quantitative estimate of drug-likeness (QED) is 0.559. The Morgan fingerprint density at radius 1 is 1.07 bits per heavy atom. The molecule has 1 N–H and O–H groups in total. The van der Waals surface area contributed by atoms with Gasteiger partial charge in [-0.15, -0.1) is 0 Å². The second-order valence-electron chi connectivity index (χ2n) is 5.95. The monoisotopic (exact) mass is 359 g/mol. The number of phenols is 1. The van der Waals surface area contributed by atoms with Gasteiger partial charge in [-0.3, -0.25) is 0 Å². The predicted molar refractivity (Wildman–Crippen MR) is 101 cm³/mol. The first-order valence-corrected chi connectivity index (χ1v) is 8.58. The number of aromatic nitrogens is 3. The molecule has 0 spiro atoms.